The third-order valence-corrected chi connectivity index (χ3v) is 3.66. The number of likely N-dealkylation sites (tertiary alicyclic amines) is 1. The number of hydrogen-bond donors (Lipinski definition) is 2. The summed E-state index contributed by atoms with van der Waals surface area (Å²) in [5.41, 5.74) is 5.86. The molecule has 1 rings (SSSR count). The second-order valence-electron chi connectivity index (χ2n) is 6.81. The van der Waals surface area contributed by atoms with Crippen LogP contribution in [-0.2, 0) is 4.79 Å². The molecular weight excluding hydrogens is 228 g/mol. The summed E-state index contributed by atoms with van der Waals surface area (Å²) in [6, 6.07) is 0. The lowest BCUT2D eigenvalue weighted by Gasteiger charge is -2.37. The Morgan fingerprint density at radius 3 is 2.56 bits per heavy atom. The number of carbonyl (C=O) groups excluding carboxylic acids is 1. The fourth-order valence-corrected chi connectivity index (χ4v) is 2.60. The SMILES string of the molecule is CC1CN(C(=O)C(CN)CC(C)(C)C)CCC1O. The van der Waals surface area contributed by atoms with Gasteiger partial charge in [-0.05, 0) is 24.2 Å². The van der Waals surface area contributed by atoms with Crippen LogP contribution in [0.3, 0.4) is 0 Å². The predicted octanol–water partition coefficient (Wildman–Crippen LogP) is 1.23. The minimum atomic E-state index is -0.270. The van der Waals surface area contributed by atoms with Crippen LogP contribution in [0.2, 0.25) is 0 Å². The number of nitrogens with zero attached hydrogens (tertiary/aromatic N) is 1. The Bertz CT molecular complexity index is 286. The van der Waals surface area contributed by atoms with Crippen LogP contribution in [-0.4, -0.2) is 41.7 Å². The quantitative estimate of drug-likeness (QED) is 0.798. The Morgan fingerprint density at radius 2 is 2.11 bits per heavy atom. The van der Waals surface area contributed by atoms with Gasteiger partial charge < -0.3 is 15.7 Å². The van der Waals surface area contributed by atoms with Gasteiger partial charge in [-0.1, -0.05) is 27.7 Å². The van der Waals surface area contributed by atoms with E-state index in [0.29, 0.717) is 26.1 Å². The number of carbonyl (C=O) groups is 1. The van der Waals surface area contributed by atoms with Crippen LogP contribution in [0.15, 0.2) is 0 Å². The molecule has 1 heterocycles. The van der Waals surface area contributed by atoms with Crippen LogP contribution in [0.1, 0.15) is 40.5 Å². The highest BCUT2D eigenvalue weighted by Gasteiger charge is 2.32. The molecule has 0 spiro atoms. The summed E-state index contributed by atoms with van der Waals surface area (Å²) in [5, 5.41) is 9.70. The standard InChI is InChI=1S/C14H28N2O2/c1-10-9-16(6-5-12(10)17)13(18)11(8-15)7-14(2,3)4/h10-12,17H,5-9,15H2,1-4H3. The van der Waals surface area contributed by atoms with Crippen molar-refractivity contribution in [3.8, 4) is 0 Å². The largest absolute Gasteiger partial charge is 0.393 e. The number of hydrogen-bond acceptors (Lipinski definition) is 3. The number of aliphatic hydroxyl groups excluding tert-OH is 1. The molecule has 4 heteroatoms. The molecule has 1 aliphatic rings. The lowest BCUT2D eigenvalue weighted by Crippen LogP contribution is -2.48. The highest BCUT2D eigenvalue weighted by Crippen LogP contribution is 2.26. The van der Waals surface area contributed by atoms with Crippen molar-refractivity contribution in [3.63, 3.8) is 0 Å². The average molecular weight is 256 g/mol. The molecule has 1 fully saturated rings. The van der Waals surface area contributed by atoms with Crippen molar-refractivity contribution in [2.75, 3.05) is 19.6 Å². The first-order valence-electron chi connectivity index (χ1n) is 6.91. The zero-order valence-electron chi connectivity index (χ0n) is 12.1. The molecule has 0 saturated carbocycles. The van der Waals surface area contributed by atoms with Gasteiger partial charge >= 0.3 is 0 Å². The summed E-state index contributed by atoms with van der Waals surface area (Å²) in [5.74, 6) is 0.231. The van der Waals surface area contributed by atoms with Gasteiger partial charge in [0.15, 0.2) is 0 Å². The third kappa shape index (κ3) is 4.25. The van der Waals surface area contributed by atoms with E-state index >= 15 is 0 Å². The first kappa shape index (κ1) is 15.4. The van der Waals surface area contributed by atoms with E-state index in [4.69, 9.17) is 5.73 Å². The summed E-state index contributed by atoms with van der Waals surface area (Å²) in [6.07, 6.45) is 1.23. The van der Waals surface area contributed by atoms with Crippen LogP contribution in [0.4, 0.5) is 0 Å². The monoisotopic (exact) mass is 256 g/mol. The van der Waals surface area contributed by atoms with E-state index in [9.17, 15) is 9.90 Å². The third-order valence-electron chi connectivity index (χ3n) is 3.66. The van der Waals surface area contributed by atoms with Gasteiger partial charge in [-0.3, -0.25) is 4.79 Å². The van der Waals surface area contributed by atoms with E-state index in [1.54, 1.807) is 0 Å². The van der Waals surface area contributed by atoms with Crippen LogP contribution in [0.5, 0.6) is 0 Å². The summed E-state index contributed by atoms with van der Waals surface area (Å²) in [4.78, 5) is 14.3. The molecule has 0 bridgehead atoms. The summed E-state index contributed by atoms with van der Waals surface area (Å²) in [6.45, 7) is 10.1. The summed E-state index contributed by atoms with van der Waals surface area (Å²) >= 11 is 0. The molecule has 4 nitrogen and oxygen atoms in total. The normalized spacial score (nSPS) is 27.1. The molecule has 3 atom stereocenters. The predicted molar refractivity (Wildman–Crippen MR) is 73.0 cm³/mol. The number of nitrogens with two attached hydrogens (primary N) is 1. The molecule has 106 valence electrons. The maximum Gasteiger partial charge on any atom is 0.226 e. The fourth-order valence-electron chi connectivity index (χ4n) is 2.60. The van der Waals surface area contributed by atoms with E-state index in [0.717, 1.165) is 6.42 Å². The lowest BCUT2D eigenvalue weighted by molar-refractivity contribution is -0.139. The van der Waals surface area contributed by atoms with Crippen molar-refractivity contribution in [1.29, 1.82) is 0 Å². The molecule has 1 aliphatic heterocycles. The molecule has 3 unspecified atom stereocenters. The van der Waals surface area contributed by atoms with Gasteiger partial charge in [0.1, 0.15) is 0 Å². The highest BCUT2D eigenvalue weighted by molar-refractivity contribution is 5.79. The molecular formula is C14H28N2O2. The average Bonchev–Trinajstić information content (AvgIpc) is 2.27. The van der Waals surface area contributed by atoms with Crippen molar-refractivity contribution >= 4 is 5.91 Å². The maximum atomic E-state index is 12.4. The first-order valence-corrected chi connectivity index (χ1v) is 6.91. The van der Waals surface area contributed by atoms with Crippen LogP contribution in [0, 0.1) is 17.3 Å². The Morgan fingerprint density at radius 1 is 1.50 bits per heavy atom. The zero-order chi connectivity index (χ0) is 13.9. The Balaban J connectivity index is 2.62. The van der Waals surface area contributed by atoms with E-state index in [1.165, 1.54) is 0 Å². The number of aliphatic hydroxyl groups is 1. The molecule has 0 aromatic rings. The smallest absolute Gasteiger partial charge is 0.226 e. The summed E-state index contributed by atoms with van der Waals surface area (Å²) < 4.78 is 0. The Hall–Kier alpha value is -0.610. The fraction of sp³-hybridized carbons (Fsp3) is 0.929. The molecule has 0 aromatic heterocycles. The number of piperidine rings is 1. The maximum absolute atomic E-state index is 12.4. The molecule has 0 aromatic carbocycles. The molecule has 0 radical (unpaired) electrons. The zero-order valence-corrected chi connectivity index (χ0v) is 12.1. The minimum Gasteiger partial charge on any atom is -0.393 e. The van der Waals surface area contributed by atoms with E-state index in [1.807, 2.05) is 11.8 Å². The minimum absolute atomic E-state index is 0.0903. The van der Waals surface area contributed by atoms with E-state index in [-0.39, 0.29) is 29.3 Å². The first-order chi connectivity index (χ1) is 8.24. The van der Waals surface area contributed by atoms with Crippen molar-refractivity contribution in [2.24, 2.45) is 23.0 Å². The molecule has 1 amide bonds. The summed E-state index contributed by atoms with van der Waals surface area (Å²) in [7, 11) is 0. The van der Waals surface area contributed by atoms with Gasteiger partial charge in [-0.2, -0.15) is 0 Å². The Kier molecular flexibility index (Phi) is 5.17. The van der Waals surface area contributed by atoms with Gasteiger partial charge in [0.05, 0.1) is 12.0 Å². The Labute approximate surface area is 111 Å². The van der Waals surface area contributed by atoms with Crippen LogP contribution < -0.4 is 5.73 Å². The van der Waals surface area contributed by atoms with Crippen molar-refractivity contribution < 1.29 is 9.90 Å². The molecule has 18 heavy (non-hydrogen) atoms. The van der Waals surface area contributed by atoms with Crippen molar-refractivity contribution in [2.45, 2.75) is 46.6 Å². The topological polar surface area (TPSA) is 66.6 Å². The second-order valence-corrected chi connectivity index (χ2v) is 6.81. The second kappa shape index (κ2) is 6.02. The van der Waals surface area contributed by atoms with Crippen LogP contribution in [0.25, 0.3) is 0 Å². The molecule has 1 saturated heterocycles. The van der Waals surface area contributed by atoms with Gasteiger partial charge in [0.25, 0.3) is 0 Å². The lowest BCUT2D eigenvalue weighted by atomic mass is 9.83. The van der Waals surface area contributed by atoms with Gasteiger partial charge in [-0.15, -0.1) is 0 Å². The number of amides is 1. The van der Waals surface area contributed by atoms with Gasteiger partial charge in [0.2, 0.25) is 5.91 Å². The van der Waals surface area contributed by atoms with Gasteiger partial charge in [-0.25, -0.2) is 0 Å². The van der Waals surface area contributed by atoms with Crippen molar-refractivity contribution in [3.05, 3.63) is 0 Å². The highest BCUT2D eigenvalue weighted by atomic mass is 16.3. The van der Waals surface area contributed by atoms with Crippen molar-refractivity contribution in [1.82, 2.24) is 4.90 Å². The number of rotatable bonds is 3. The van der Waals surface area contributed by atoms with E-state index < -0.39 is 0 Å². The molecule has 3 N–H and O–H groups in total. The van der Waals surface area contributed by atoms with Crippen LogP contribution >= 0.6 is 0 Å². The molecule has 0 aliphatic carbocycles. The van der Waals surface area contributed by atoms with E-state index in [2.05, 4.69) is 20.8 Å². The van der Waals surface area contributed by atoms with Gasteiger partial charge in [0, 0.05) is 19.6 Å².